The fourth-order valence-electron chi connectivity index (χ4n) is 1.61. The number of aromatic carboxylic acids is 1. The van der Waals surface area contributed by atoms with Crippen LogP contribution in [0.4, 0.5) is 17.6 Å². The third kappa shape index (κ3) is 2.59. The van der Waals surface area contributed by atoms with Gasteiger partial charge in [-0.05, 0) is 23.8 Å². The molecular formula is C12H7F4NO2. The topological polar surface area (TPSA) is 53.1 Å². The molecule has 0 amide bonds. The molecule has 7 heteroatoms. The van der Waals surface area contributed by atoms with Crippen molar-refractivity contribution in [2.75, 3.05) is 0 Å². The van der Waals surface area contributed by atoms with Gasteiger partial charge in [0.05, 0.1) is 5.56 Å². The van der Waals surface area contributed by atoms with Crippen LogP contribution in [0, 0.1) is 5.82 Å². The van der Waals surface area contributed by atoms with Gasteiger partial charge in [-0.1, -0.05) is 6.07 Å². The maximum absolute atomic E-state index is 13.1. The first-order valence-electron chi connectivity index (χ1n) is 5.08. The Kier molecular flexibility index (Phi) is 3.05. The molecule has 0 atom stereocenters. The number of H-pyrrole nitrogens is 1. The summed E-state index contributed by atoms with van der Waals surface area (Å²) in [7, 11) is 0. The van der Waals surface area contributed by atoms with Crippen LogP contribution < -0.4 is 0 Å². The van der Waals surface area contributed by atoms with Gasteiger partial charge in [-0.3, -0.25) is 0 Å². The van der Waals surface area contributed by atoms with Gasteiger partial charge >= 0.3 is 12.1 Å². The number of carboxylic acid groups (broad SMARTS) is 1. The SMILES string of the molecule is O=C(O)c1cc(-c2ccc(F)c(C(F)(F)F)c2)c[nH]1. The second-order valence-corrected chi connectivity index (χ2v) is 3.80. The normalized spacial score (nSPS) is 11.6. The second-order valence-electron chi connectivity index (χ2n) is 3.80. The smallest absolute Gasteiger partial charge is 0.419 e. The molecule has 0 bridgehead atoms. The molecule has 1 aromatic carbocycles. The van der Waals surface area contributed by atoms with E-state index < -0.39 is 23.5 Å². The van der Waals surface area contributed by atoms with Gasteiger partial charge in [0.1, 0.15) is 11.5 Å². The first-order chi connectivity index (χ1) is 8.79. The van der Waals surface area contributed by atoms with Crippen LogP contribution in [-0.4, -0.2) is 16.1 Å². The molecule has 0 radical (unpaired) electrons. The summed E-state index contributed by atoms with van der Waals surface area (Å²) >= 11 is 0. The largest absolute Gasteiger partial charge is 0.477 e. The monoisotopic (exact) mass is 273 g/mol. The van der Waals surface area contributed by atoms with Gasteiger partial charge < -0.3 is 10.1 Å². The van der Waals surface area contributed by atoms with Crippen molar-refractivity contribution < 1.29 is 27.5 Å². The molecule has 0 fully saturated rings. The number of carboxylic acids is 1. The molecule has 1 aromatic heterocycles. The zero-order valence-electron chi connectivity index (χ0n) is 9.25. The Bertz CT molecular complexity index is 631. The maximum atomic E-state index is 13.1. The molecule has 0 aliphatic heterocycles. The lowest BCUT2D eigenvalue weighted by Crippen LogP contribution is -2.08. The summed E-state index contributed by atoms with van der Waals surface area (Å²) in [5.41, 5.74) is -1.23. The van der Waals surface area contributed by atoms with E-state index in [0.717, 1.165) is 6.07 Å². The lowest BCUT2D eigenvalue weighted by atomic mass is 10.0. The van der Waals surface area contributed by atoms with Gasteiger partial charge in [-0.2, -0.15) is 13.2 Å². The quantitative estimate of drug-likeness (QED) is 0.822. The van der Waals surface area contributed by atoms with Crippen molar-refractivity contribution in [3.8, 4) is 11.1 Å². The highest BCUT2D eigenvalue weighted by Gasteiger charge is 2.34. The molecule has 0 aliphatic carbocycles. The molecule has 2 aromatic rings. The molecule has 1 heterocycles. The molecule has 0 spiro atoms. The number of nitrogens with one attached hydrogen (secondary N) is 1. The Hall–Kier alpha value is -2.31. The minimum Gasteiger partial charge on any atom is -0.477 e. The molecule has 0 saturated heterocycles. The lowest BCUT2D eigenvalue weighted by Gasteiger charge is -2.09. The van der Waals surface area contributed by atoms with E-state index in [-0.39, 0.29) is 16.8 Å². The number of aromatic amines is 1. The molecule has 3 nitrogen and oxygen atoms in total. The second kappa shape index (κ2) is 4.42. The van der Waals surface area contributed by atoms with Crippen molar-refractivity contribution >= 4 is 5.97 Å². The molecular weight excluding hydrogens is 266 g/mol. The van der Waals surface area contributed by atoms with Crippen molar-refractivity contribution in [1.82, 2.24) is 4.98 Å². The van der Waals surface area contributed by atoms with Gasteiger partial charge in [0.25, 0.3) is 0 Å². The van der Waals surface area contributed by atoms with Crippen LogP contribution in [0.3, 0.4) is 0 Å². The number of hydrogen-bond acceptors (Lipinski definition) is 1. The minimum absolute atomic E-state index is 0.0810. The number of carbonyl (C=O) groups is 1. The molecule has 100 valence electrons. The van der Waals surface area contributed by atoms with E-state index >= 15 is 0 Å². The van der Waals surface area contributed by atoms with Gasteiger partial charge in [-0.15, -0.1) is 0 Å². The Morgan fingerprint density at radius 1 is 1.16 bits per heavy atom. The van der Waals surface area contributed by atoms with E-state index in [1.54, 1.807) is 0 Å². The van der Waals surface area contributed by atoms with Gasteiger partial charge in [-0.25, -0.2) is 9.18 Å². The third-order valence-corrected chi connectivity index (χ3v) is 2.52. The fourth-order valence-corrected chi connectivity index (χ4v) is 1.61. The summed E-state index contributed by atoms with van der Waals surface area (Å²) in [6.45, 7) is 0. The summed E-state index contributed by atoms with van der Waals surface area (Å²) < 4.78 is 50.7. The zero-order chi connectivity index (χ0) is 14.2. The predicted molar refractivity (Wildman–Crippen MR) is 58.1 cm³/mol. The predicted octanol–water partition coefficient (Wildman–Crippen LogP) is 3.54. The van der Waals surface area contributed by atoms with Crippen molar-refractivity contribution in [2.45, 2.75) is 6.18 Å². The van der Waals surface area contributed by atoms with Gasteiger partial charge in [0, 0.05) is 11.8 Å². The van der Waals surface area contributed by atoms with E-state index in [1.165, 1.54) is 12.3 Å². The Labute approximate surface area is 104 Å². The van der Waals surface area contributed by atoms with E-state index in [0.29, 0.717) is 12.1 Å². The van der Waals surface area contributed by atoms with Crippen molar-refractivity contribution in [1.29, 1.82) is 0 Å². The Balaban J connectivity index is 2.48. The van der Waals surface area contributed by atoms with Crippen LogP contribution in [0.15, 0.2) is 30.5 Å². The molecule has 0 aliphatic rings. The van der Waals surface area contributed by atoms with Crippen LogP contribution in [0.5, 0.6) is 0 Å². The Morgan fingerprint density at radius 2 is 1.84 bits per heavy atom. The number of hydrogen-bond donors (Lipinski definition) is 2. The van der Waals surface area contributed by atoms with Crippen LogP contribution in [0.25, 0.3) is 11.1 Å². The third-order valence-electron chi connectivity index (χ3n) is 2.52. The first kappa shape index (κ1) is 13.1. The molecule has 2 rings (SSSR count). The average Bonchev–Trinajstić information content (AvgIpc) is 2.77. The summed E-state index contributed by atoms with van der Waals surface area (Å²) in [6, 6.07) is 3.67. The van der Waals surface area contributed by atoms with E-state index in [9.17, 15) is 22.4 Å². The summed E-state index contributed by atoms with van der Waals surface area (Å²) in [6.07, 6.45) is -3.55. The van der Waals surface area contributed by atoms with E-state index in [2.05, 4.69) is 4.98 Å². The van der Waals surface area contributed by atoms with Crippen LogP contribution >= 0.6 is 0 Å². The molecule has 2 N–H and O–H groups in total. The van der Waals surface area contributed by atoms with E-state index in [4.69, 9.17) is 5.11 Å². The van der Waals surface area contributed by atoms with Crippen LogP contribution in [0.2, 0.25) is 0 Å². The number of aromatic nitrogens is 1. The number of alkyl halides is 3. The highest BCUT2D eigenvalue weighted by Crippen LogP contribution is 2.34. The van der Waals surface area contributed by atoms with Crippen molar-refractivity contribution in [3.63, 3.8) is 0 Å². The number of rotatable bonds is 2. The summed E-state index contributed by atoms with van der Waals surface area (Å²) in [5, 5.41) is 8.70. The standard InChI is InChI=1S/C12H7F4NO2/c13-9-2-1-6(3-8(9)12(14,15)16)7-4-10(11(18)19)17-5-7/h1-5,17H,(H,18,19). The highest BCUT2D eigenvalue weighted by atomic mass is 19.4. The fraction of sp³-hybridized carbons (Fsp3) is 0.0833. The molecule has 0 unspecified atom stereocenters. The summed E-state index contributed by atoms with van der Waals surface area (Å²) in [4.78, 5) is 13.1. The van der Waals surface area contributed by atoms with Gasteiger partial charge in [0.2, 0.25) is 0 Å². The molecule has 0 saturated carbocycles. The van der Waals surface area contributed by atoms with Crippen molar-refractivity contribution in [3.05, 3.63) is 47.5 Å². The van der Waals surface area contributed by atoms with E-state index in [1.807, 2.05) is 0 Å². The van der Waals surface area contributed by atoms with Crippen LogP contribution in [-0.2, 0) is 6.18 Å². The van der Waals surface area contributed by atoms with Gasteiger partial charge in [0.15, 0.2) is 0 Å². The lowest BCUT2D eigenvalue weighted by molar-refractivity contribution is -0.139. The minimum atomic E-state index is -4.80. The number of halogens is 4. The summed E-state index contributed by atoms with van der Waals surface area (Å²) in [5.74, 6) is -2.60. The number of benzene rings is 1. The highest BCUT2D eigenvalue weighted by molar-refractivity contribution is 5.87. The molecule has 19 heavy (non-hydrogen) atoms. The maximum Gasteiger partial charge on any atom is 0.419 e. The van der Waals surface area contributed by atoms with Crippen LogP contribution in [0.1, 0.15) is 16.1 Å². The first-order valence-corrected chi connectivity index (χ1v) is 5.08. The van der Waals surface area contributed by atoms with Crippen molar-refractivity contribution in [2.24, 2.45) is 0 Å². The average molecular weight is 273 g/mol. The Morgan fingerprint density at radius 3 is 2.37 bits per heavy atom. The zero-order valence-corrected chi connectivity index (χ0v) is 9.25.